The van der Waals surface area contributed by atoms with E-state index in [0.29, 0.717) is 19.0 Å². The topological polar surface area (TPSA) is 53.5 Å². The lowest BCUT2D eigenvalue weighted by atomic mass is 9.68. The van der Waals surface area contributed by atoms with Crippen LogP contribution < -0.4 is 0 Å². The molecule has 0 bridgehead atoms. The van der Waals surface area contributed by atoms with Gasteiger partial charge in [-0.2, -0.15) is 0 Å². The fraction of sp³-hybridized carbons (Fsp3) is 0.500. The van der Waals surface area contributed by atoms with Gasteiger partial charge in [0.05, 0.1) is 12.8 Å². The largest absolute Gasteiger partial charge is 0.295 e. The summed E-state index contributed by atoms with van der Waals surface area (Å²) in [5.41, 5.74) is 1.38. The van der Waals surface area contributed by atoms with Crippen LogP contribution in [0.3, 0.4) is 0 Å². The maximum Gasteiger partial charge on any atom is 0.211 e. The van der Waals surface area contributed by atoms with Gasteiger partial charge in [0.25, 0.3) is 0 Å². The summed E-state index contributed by atoms with van der Waals surface area (Å²) in [5.74, 6) is 0.318. The number of hydrogen-bond donors (Lipinski definition) is 0. The lowest BCUT2D eigenvalue weighted by Gasteiger charge is -2.43. The highest BCUT2D eigenvalue weighted by atomic mass is 32.2. The van der Waals surface area contributed by atoms with Crippen molar-refractivity contribution in [2.75, 3.05) is 32.4 Å². The normalized spacial score (nSPS) is 28.1. The van der Waals surface area contributed by atoms with Crippen LogP contribution in [0.5, 0.6) is 0 Å². The smallest absolute Gasteiger partial charge is 0.211 e. The van der Waals surface area contributed by atoms with Gasteiger partial charge in [-0.25, -0.2) is 17.7 Å². The third-order valence-electron chi connectivity index (χ3n) is 5.66. The second-order valence-corrected chi connectivity index (χ2v) is 10.1. The Bertz CT molecular complexity index is 823. The van der Waals surface area contributed by atoms with Gasteiger partial charge in [0.15, 0.2) is 0 Å². The Labute approximate surface area is 153 Å². The minimum atomic E-state index is -3.14. The van der Waals surface area contributed by atoms with Gasteiger partial charge in [0.2, 0.25) is 10.0 Å². The van der Waals surface area contributed by atoms with Crippen LogP contribution >= 0.6 is 11.3 Å². The van der Waals surface area contributed by atoms with E-state index in [1.807, 2.05) is 17.6 Å². The van der Waals surface area contributed by atoms with Crippen molar-refractivity contribution in [1.29, 1.82) is 0 Å². The zero-order valence-corrected chi connectivity index (χ0v) is 16.0. The first-order valence-electron chi connectivity index (χ1n) is 8.59. The Balaban J connectivity index is 1.64. The number of nitrogens with zero attached hydrogens (tertiary/aromatic N) is 3. The molecular formula is C18H23N3O2S2. The van der Waals surface area contributed by atoms with E-state index >= 15 is 0 Å². The lowest BCUT2D eigenvalue weighted by Crippen LogP contribution is -2.51. The van der Waals surface area contributed by atoms with Crippen molar-refractivity contribution in [3.63, 3.8) is 0 Å². The van der Waals surface area contributed by atoms with Crippen LogP contribution in [0.15, 0.2) is 41.9 Å². The van der Waals surface area contributed by atoms with Crippen LogP contribution in [0.2, 0.25) is 0 Å². The fourth-order valence-electron chi connectivity index (χ4n) is 4.44. The van der Waals surface area contributed by atoms with Gasteiger partial charge in [0.1, 0.15) is 5.01 Å². The second-order valence-electron chi connectivity index (χ2n) is 7.19. The van der Waals surface area contributed by atoms with E-state index in [2.05, 4.69) is 34.1 Å². The van der Waals surface area contributed by atoms with Crippen LogP contribution in [-0.4, -0.2) is 55.0 Å². The number of sulfonamides is 1. The summed E-state index contributed by atoms with van der Waals surface area (Å²) in [7, 11) is -3.14. The van der Waals surface area contributed by atoms with Gasteiger partial charge < -0.3 is 0 Å². The molecule has 1 aromatic heterocycles. The van der Waals surface area contributed by atoms with Crippen molar-refractivity contribution in [1.82, 2.24) is 14.2 Å². The van der Waals surface area contributed by atoms with E-state index in [0.717, 1.165) is 31.1 Å². The highest BCUT2D eigenvalue weighted by Gasteiger charge is 2.51. The summed E-state index contributed by atoms with van der Waals surface area (Å²) in [6.45, 7) is 3.96. The van der Waals surface area contributed by atoms with E-state index in [1.165, 1.54) is 11.8 Å². The highest BCUT2D eigenvalue weighted by molar-refractivity contribution is 7.88. The molecule has 134 valence electrons. The van der Waals surface area contributed by atoms with Gasteiger partial charge >= 0.3 is 0 Å². The molecule has 4 rings (SSSR count). The van der Waals surface area contributed by atoms with Crippen molar-refractivity contribution < 1.29 is 8.42 Å². The number of likely N-dealkylation sites (tertiary alicyclic amines) is 1. The summed E-state index contributed by atoms with van der Waals surface area (Å²) in [6.07, 6.45) is 4.05. The molecule has 0 unspecified atom stereocenters. The minimum Gasteiger partial charge on any atom is -0.295 e. The van der Waals surface area contributed by atoms with Crippen molar-refractivity contribution >= 4 is 21.4 Å². The number of rotatable bonds is 4. The number of hydrogen-bond acceptors (Lipinski definition) is 5. The molecule has 0 radical (unpaired) electrons. The van der Waals surface area contributed by atoms with Gasteiger partial charge in [-0.1, -0.05) is 30.3 Å². The molecule has 0 N–H and O–H groups in total. The average Bonchev–Trinajstić information content (AvgIpc) is 3.22. The number of thiazole rings is 1. The predicted molar refractivity (Wildman–Crippen MR) is 100 cm³/mol. The van der Waals surface area contributed by atoms with Crippen LogP contribution in [0.4, 0.5) is 0 Å². The van der Waals surface area contributed by atoms with E-state index < -0.39 is 10.0 Å². The molecule has 0 aliphatic carbocycles. The Morgan fingerprint density at radius 2 is 2.08 bits per heavy atom. The SMILES string of the molecule is CS(=O)(=O)N1CC[C@@]2(c3ccccc3)CN(Cc3nccs3)C[C@H]2C1. The zero-order chi connectivity index (χ0) is 17.5. The second kappa shape index (κ2) is 6.46. The molecular weight excluding hydrogens is 354 g/mol. The molecule has 2 aliphatic heterocycles. The van der Waals surface area contributed by atoms with Crippen LogP contribution in [0.25, 0.3) is 0 Å². The number of aromatic nitrogens is 1. The molecule has 5 nitrogen and oxygen atoms in total. The first-order valence-corrected chi connectivity index (χ1v) is 11.3. The molecule has 2 aliphatic rings. The molecule has 25 heavy (non-hydrogen) atoms. The average molecular weight is 378 g/mol. The molecule has 0 amide bonds. The molecule has 2 atom stereocenters. The monoisotopic (exact) mass is 377 g/mol. The molecule has 2 aromatic rings. The predicted octanol–water partition coefficient (Wildman–Crippen LogP) is 2.18. The van der Waals surface area contributed by atoms with E-state index in [-0.39, 0.29) is 5.41 Å². The quantitative estimate of drug-likeness (QED) is 0.820. The maximum absolute atomic E-state index is 12.1. The van der Waals surface area contributed by atoms with E-state index in [1.54, 1.807) is 15.6 Å². The Hall–Kier alpha value is -1.28. The van der Waals surface area contributed by atoms with Gasteiger partial charge in [-0.15, -0.1) is 11.3 Å². The molecule has 7 heteroatoms. The van der Waals surface area contributed by atoms with E-state index in [4.69, 9.17) is 0 Å². The first-order chi connectivity index (χ1) is 12.0. The summed E-state index contributed by atoms with van der Waals surface area (Å²) >= 11 is 1.68. The van der Waals surface area contributed by atoms with Crippen LogP contribution in [0.1, 0.15) is 17.0 Å². The summed E-state index contributed by atoms with van der Waals surface area (Å²) < 4.78 is 25.8. The molecule has 0 saturated carbocycles. The third kappa shape index (κ3) is 3.26. The summed E-state index contributed by atoms with van der Waals surface area (Å²) in [4.78, 5) is 6.86. The number of fused-ring (bicyclic) bond motifs is 1. The zero-order valence-electron chi connectivity index (χ0n) is 14.3. The Kier molecular flexibility index (Phi) is 4.43. The van der Waals surface area contributed by atoms with Crippen molar-refractivity contribution in [3.8, 4) is 0 Å². The highest BCUT2D eigenvalue weighted by Crippen LogP contribution is 2.46. The lowest BCUT2D eigenvalue weighted by molar-refractivity contribution is 0.189. The van der Waals surface area contributed by atoms with Crippen molar-refractivity contribution in [3.05, 3.63) is 52.5 Å². The third-order valence-corrected chi connectivity index (χ3v) is 7.69. The maximum atomic E-state index is 12.1. The summed E-state index contributed by atoms with van der Waals surface area (Å²) in [5, 5.41) is 3.14. The van der Waals surface area contributed by atoms with E-state index in [9.17, 15) is 8.42 Å². The van der Waals surface area contributed by atoms with Gasteiger partial charge in [0, 0.05) is 43.2 Å². The van der Waals surface area contributed by atoms with Crippen LogP contribution in [0, 0.1) is 5.92 Å². The van der Waals surface area contributed by atoms with Crippen LogP contribution in [-0.2, 0) is 22.0 Å². The molecule has 1 aromatic carbocycles. The van der Waals surface area contributed by atoms with Gasteiger partial charge in [-0.3, -0.25) is 4.90 Å². The molecule has 3 heterocycles. The molecule has 2 saturated heterocycles. The minimum absolute atomic E-state index is 0.0414. The molecule has 2 fully saturated rings. The Morgan fingerprint density at radius 1 is 1.28 bits per heavy atom. The molecule has 0 spiro atoms. The summed E-state index contributed by atoms with van der Waals surface area (Å²) in [6, 6.07) is 10.6. The standard InChI is InChI=1S/C18H23N3O2S2/c1-25(22,23)21-9-7-18(15-5-3-2-4-6-15)14-20(11-16(18)12-21)13-17-19-8-10-24-17/h2-6,8,10,16H,7,9,11-14H2,1H3/t16-,18-/m0/s1. The van der Waals surface area contributed by atoms with Gasteiger partial charge in [-0.05, 0) is 17.9 Å². The van der Waals surface area contributed by atoms with Crippen molar-refractivity contribution in [2.24, 2.45) is 5.92 Å². The number of piperidine rings is 1. The van der Waals surface area contributed by atoms with Crippen molar-refractivity contribution in [2.45, 2.75) is 18.4 Å². The fourth-order valence-corrected chi connectivity index (χ4v) is 5.97. The first kappa shape index (κ1) is 17.1. The number of benzene rings is 1. The Morgan fingerprint density at radius 3 is 2.76 bits per heavy atom.